The van der Waals surface area contributed by atoms with E-state index in [1.54, 1.807) is 32.2 Å². The maximum atomic E-state index is 12.6. The Kier molecular flexibility index (Phi) is 8.99. The first-order valence-corrected chi connectivity index (χ1v) is 9.32. The van der Waals surface area contributed by atoms with Crippen molar-refractivity contribution in [1.82, 2.24) is 10.6 Å². The minimum Gasteiger partial charge on any atom is -0.495 e. The van der Waals surface area contributed by atoms with Crippen molar-refractivity contribution in [3.8, 4) is 5.75 Å². The quantitative estimate of drug-likeness (QED) is 0.407. The molecule has 0 saturated carbocycles. The van der Waals surface area contributed by atoms with Gasteiger partial charge in [0.15, 0.2) is 6.29 Å². The molecule has 1 aromatic carbocycles. The molecule has 0 aliphatic rings. The van der Waals surface area contributed by atoms with Crippen molar-refractivity contribution in [2.75, 3.05) is 19.5 Å². The van der Waals surface area contributed by atoms with Gasteiger partial charge < -0.3 is 20.7 Å². The van der Waals surface area contributed by atoms with E-state index in [-0.39, 0.29) is 30.4 Å². The Labute approximate surface area is 170 Å². The van der Waals surface area contributed by atoms with Gasteiger partial charge in [-0.15, -0.1) is 0 Å². The van der Waals surface area contributed by atoms with Crippen molar-refractivity contribution in [3.05, 3.63) is 34.6 Å². The molecule has 3 N–H and O–H groups in total. The van der Waals surface area contributed by atoms with Crippen molar-refractivity contribution < 1.29 is 19.1 Å². The maximum absolute atomic E-state index is 12.6. The first kappa shape index (κ1) is 23.5. The number of benzene rings is 1. The van der Waals surface area contributed by atoms with E-state index in [1.807, 2.05) is 13.8 Å². The number of rotatable bonds is 10. The molecule has 0 radical (unpaired) electrons. The number of carbonyl (C=O) groups excluding carboxylic acids is 3. The van der Waals surface area contributed by atoms with Gasteiger partial charge in [-0.25, -0.2) is 0 Å². The lowest BCUT2D eigenvalue weighted by molar-refractivity contribution is -0.125. The summed E-state index contributed by atoms with van der Waals surface area (Å²) < 4.78 is 5.23. The summed E-state index contributed by atoms with van der Waals surface area (Å²) in [5.74, 6) is -0.0820. The molecule has 0 aliphatic heterocycles. The minimum atomic E-state index is -0.582. The molecule has 28 heavy (non-hydrogen) atoms. The van der Waals surface area contributed by atoms with Crippen LogP contribution in [0, 0.1) is 5.41 Å². The summed E-state index contributed by atoms with van der Waals surface area (Å²) >= 11 is 5.99. The standard InChI is InChI=1S/C20H28ClN3O4/c1-6-20(3,11-19(27)24-16(12-25)13(2)22-4)10-18(26)23-15-9-14(21)7-8-17(15)28-5/h7-9,12,22H,6,10-11H2,1-5H3,(H,23,26)(H,24,27)/b16-13+. The van der Waals surface area contributed by atoms with Gasteiger partial charge in [-0.3, -0.25) is 14.4 Å². The monoisotopic (exact) mass is 409 g/mol. The Hall–Kier alpha value is -2.54. The zero-order chi connectivity index (χ0) is 21.3. The van der Waals surface area contributed by atoms with Gasteiger partial charge in [0.05, 0.1) is 18.5 Å². The number of allylic oxidation sites excluding steroid dienone is 2. The van der Waals surface area contributed by atoms with Crippen molar-refractivity contribution in [1.29, 1.82) is 0 Å². The zero-order valence-electron chi connectivity index (χ0n) is 16.9. The van der Waals surface area contributed by atoms with Crippen LogP contribution in [-0.2, 0) is 14.4 Å². The lowest BCUT2D eigenvalue weighted by atomic mass is 9.80. The third-order valence-electron chi connectivity index (χ3n) is 4.63. The second kappa shape index (κ2) is 10.7. The van der Waals surface area contributed by atoms with Crippen LogP contribution in [0.15, 0.2) is 29.6 Å². The fraction of sp³-hybridized carbons (Fsp3) is 0.450. The summed E-state index contributed by atoms with van der Waals surface area (Å²) in [5.41, 5.74) is 0.631. The Morgan fingerprint density at radius 1 is 1.25 bits per heavy atom. The van der Waals surface area contributed by atoms with Gasteiger partial charge in [0.25, 0.3) is 0 Å². The van der Waals surface area contributed by atoms with Crippen LogP contribution in [0.4, 0.5) is 5.69 Å². The average molecular weight is 410 g/mol. The molecule has 8 heteroatoms. The molecule has 0 saturated heterocycles. The summed E-state index contributed by atoms with van der Waals surface area (Å²) in [7, 11) is 3.17. The zero-order valence-corrected chi connectivity index (χ0v) is 17.7. The van der Waals surface area contributed by atoms with Gasteiger partial charge in [-0.2, -0.15) is 0 Å². The normalized spacial score (nSPS) is 13.6. The summed E-state index contributed by atoms with van der Waals surface area (Å²) in [5, 5.41) is 8.68. The van der Waals surface area contributed by atoms with Crippen LogP contribution in [0.25, 0.3) is 0 Å². The van der Waals surface area contributed by atoms with Gasteiger partial charge in [-0.1, -0.05) is 25.4 Å². The lowest BCUT2D eigenvalue weighted by Crippen LogP contribution is -2.33. The highest BCUT2D eigenvalue weighted by atomic mass is 35.5. The highest BCUT2D eigenvalue weighted by molar-refractivity contribution is 6.31. The number of halogens is 1. The van der Waals surface area contributed by atoms with Gasteiger partial charge in [0.2, 0.25) is 11.8 Å². The van der Waals surface area contributed by atoms with Crippen LogP contribution < -0.4 is 20.7 Å². The predicted molar refractivity (Wildman–Crippen MR) is 110 cm³/mol. The minimum absolute atomic E-state index is 0.0952. The third kappa shape index (κ3) is 6.88. The number of amides is 2. The van der Waals surface area contributed by atoms with Crippen LogP contribution in [0.2, 0.25) is 5.02 Å². The Bertz CT molecular complexity index is 764. The lowest BCUT2D eigenvalue weighted by Gasteiger charge is -2.27. The molecule has 1 rings (SSSR count). The van der Waals surface area contributed by atoms with Crippen LogP contribution >= 0.6 is 11.6 Å². The van der Waals surface area contributed by atoms with E-state index < -0.39 is 5.41 Å². The van der Waals surface area contributed by atoms with Crippen LogP contribution in [-0.4, -0.2) is 32.3 Å². The molecule has 0 heterocycles. The number of hydrogen-bond acceptors (Lipinski definition) is 5. The second-order valence-electron chi connectivity index (χ2n) is 6.87. The second-order valence-corrected chi connectivity index (χ2v) is 7.30. The first-order chi connectivity index (χ1) is 13.2. The highest BCUT2D eigenvalue weighted by Gasteiger charge is 2.29. The van der Waals surface area contributed by atoms with Gasteiger partial charge in [-0.05, 0) is 37.0 Å². The van der Waals surface area contributed by atoms with Crippen LogP contribution in [0.1, 0.15) is 40.0 Å². The Balaban J connectivity index is 2.83. The molecule has 7 nitrogen and oxygen atoms in total. The number of carbonyl (C=O) groups is 3. The fourth-order valence-corrected chi connectivity index (χ4v) is 2.77. The summed E-state index contributed by atoms with van der Waals surface area (Å²) in [6.07, 6.45) is 1.41. The molecule has 0 fully saturated rings. The van der Waals surface area contributed by atoms with E-state index >= 15 is 0 Å². The number of hydrogen-bond donors (Lipinski definition) is 3. The number of ether oxygens (including phenoxy) is 1. The van der Waals surface area contributed by atoms with E-state index in [2.05, 4.69) is 16.0 Å². The van der Waals surface area contributed by atoms with E-state index in [1.165, 1.54) is 7.11 Å². The van der Waals surface area contributed by atoms with Gasteiger partial charge in [0, 0.05) is 30.6 Å². The van der Waals surface area contributed by atoms with E-state index in [0.29, 0.717) is 34.9 Å². The summed E-state index contributed by atoms with van der Waals surface area (Å²) in [6.45, 7) is 5.46. The number of anilines is 1. The first-order valence-electron chi connectivity index (χ1n) is 8.95. The molecule has 154 valence electrons. The molecular weight excluding hydrogens is 382 g/mol. The molecule has 0 spiro atoms. The van der Waals surface area contributed by atoms with Crippen molar-refractivity contribution >= 4 is 35.4 Å². The molecule has 1 aromatic rings. The topological polar surface area (TPSA) is 96.5 Å². The molecule has 1 atom stereocenters. The summed E-state index contributed by atoms with van der Waals surface area (Å²) in [6, 6.07) is 4.94. The SMILES string of the molecule is CCC(C)(CC(=O)N/C(C=O)=C(\C)NC)CC(=O)Nc1cc(Cl)ccc1OC. The molecule has 0 aliphatic carbocycles. The Morgan fingerprint density at radius 2 is 1.89 bits per heavy atom. The highest BCUT2D eigenvalue weighted by Crippen LogP contribution is 2.32. The third-order valence-corrected chi connectivity index (χ3v) is 4.87. The van der Waals surface area contributed by atoms with E-state index in [9.17, 15) is 14.4 Å². The van der Waals surface area contributed by atoms with E-state index in [4.69, 9.17) is 16.3 Å². The Morgan fingerprint density at radius 3 is 2.43 bits per heavy atom. The molecule has 2 amide bonds. The van der Waals surface area contributed by atoms with Crippen molar-refractivity contribution in [3.63, 3.8) is 0 Å². The number of methoxy groups -OCH3 is 1. The number of aldehydes is 1. The van der Waals surface area contributed by atoms with Crippen LogP contribution in [0.5, 0.6) is 5.75 Å². The van der Waals surface area contributed by atoms with Crippen LogP contribution in [0.3, 0.4) is 0 Å². The van der Waals surface area contributed by atoms with Gasteiger partial charge >= 0.3 is 0 Å². The van der Waals surface area contributed by atoms with Gasteiger partial charge in [0.1, 0.15) is 5.75 Å². The predicted octanol–water partition coefficient (Wildman–Crippen LogP) is 3.25. The average Bonchev–Trinajstić information content (AvgIpc) is 2.65. The largest absolute Gasteiger partial charge is 0.495 e. The smallest absolute Gasteiger partial charge is 0.225 e. The molecular formula is C20H28ClN3O4. The van der Waals surface area contributed by atoms with Crippen molar-refractivity contribution in [2.45, 2.75) is 40.0 Å². The number of nitrogens with one attached hydrogen (secondary N) is 3. The molecule has 1 unspecified atom stereocenters. The maximum Gasteiger partial charge on any atom is 0.225 e. The molecule has 0 aromatic heterocycles. The van der Waals surface area contributed by atoms with Crippen molar-refractivity contribution in [2.24, 2.45) is 5.41 Å². The fourth-order valence-electron chi connectivity index (χ4n) is 2.60. The molecule has 0 bridgehead atoms. The van der Waals surface area contributed by atoms with E-state index in [0.717, 1.165) is 0 Å². The summed E-state index contributed by atoms with van der Waals surface area (Å²) in [4.78, 5) is 36.1.